The van der Waals surface area contributed by atoms with Gasteiger partial charge in [-0.1, -0.05) is 0 Å². The average molecular weight is 214 g/mol. The van der Waals surface area contributed by atoms with Crippen LogP contribution in [0.3, 0.4) is 0 Å². The predicted molar refractivity (Wildman–Crippen MR) is 55.0 cm³/mol. The van der Waals surface area contributed by atoms with Crippen molar-refractivity contribution < 1.29 is 9.03 Å². The molecule has 0 aliphatic heterocycles. The van der Waals surface area contributed by atoms with Gasteiger partial charge in [-0.2, -0.15) is 0 Å². The summed E-state index contributed by atoms with van der Waals surface area (Å²) in [5, 5.41) is 0. The van der Waals surface area contributed by atoms with Crippen LogP contribution in [-0.4, -0.2) is 13.7 Å². The van der Waals surface area contributed by atoms with E-state index in [0.29, 0.717) is 24.0 Å². The van der Waals surface area contributed by atoms with Crippen molar-refractivity contribution in [3.05, 3.63) is 23.3 Å². The molecule has 1 aliphatic carbocycles. The minimum atomic E-state index is 0.461. The second-order valence-corrected chi connectivity index (χ2v) is 3.57. The number of rotatable bonds is 3. The van der Waals surface area contributed by atoms with Gasteiger partial charge in [0.2, 0.25) is 0 Å². The minimum Gasteiger partial charge on any atom is -0.493 e. The Morgan fingerprint density at radius 1 is 1.50 bits per heavy atom. The molecule has 2 rings (SSSR count). The number of hydrogen-bond acceptors (Lipinski definition) is 3. The van der Waals surface area contributed by atoms with Crippen LogP contribution in [0.15, 0.2) is 12.1 Å². The highest BCUT2D eigenvalue weighted by Gasteiger charge is 2.27. The van der Waals surface area contributed by atoms with E-state index in [0.717, 1.165) is 6.42 Å². The summed E-state index contributed by atoms with van der Waals surface area (Å²) in [6, 6.07) is 3.86. The Kier molecular flexibility index (Phi) is 2.52. The van der Waals surface area contributed by atoms with Gasteiger partial charge in [-0.25, -0.2) is 0 Å². The number of halogens is 1. The molecule has 0 bridgehead atoms. The van der Waals surface area contributed by atoms with Crippen molar-refractivity contribution in [1.82, 2.24) is 0 Å². The Bertz CT molecular complexity index is 354. The Hall–Kier alpha value is -0.930. The molecule has 0 radical (unpaired) electrons. The molecule has 3 nitrogen and oxygen atoms in total. The number of fused-ring (bicyclic) bond motifs is 1. The standard InChI is InChI=1S/C10H12ClNO2/c1-13-9-4-8-6(2-7(8)5-12)3-10(9)14-11/h3-4,7H,2,5,12H2,1H3/t7-/m1/s1. The van der Waals surface area contributed by atoms with Crippen LogP contribution in [-0.2, 0) is 6.42 Å². The van der Waals surface area contributed by atoms with Crippen LogP contribution in [0.4, 0.5) is 0 Å². The number of hydrogen-bond donors (Lipinski definition) is 1. The van der Waals surface area contributed by atoms with E-state index in [9.17, 15) is 0 Å². The quantitative estimate of drug-likeness (QED) is 0.833. The van der Waals surface area contributed by atoms with E-state index in [1.807, 2.05) is 12.1 Å². The summed E-state index contributed by atoms with van der Waals surface area (Å²) < 4.78 is 9.84. The Morgan fingerprint density at radius 3 is 2.86 bits per heavy atom. The van der Waals surface area contributed by atoms with E-state index < -0.39 is 0 Å². The lowest BCUT2D eigenvalue weighted by Crippen LogP contribution is -2.24. The molecular weight excluding hydrogens is 202 g/mol. The number of nitrogens with two attached hydrogens (primary N) is 1. The van der Waals surface area contributed by atoms with Gasteiger partial charge >= 0.3 is 0 Å². The molecule has 0 fully saturated rings. The highest BCUT2D eigenvalue weighted by atomic mass is 35.5. The van der Waals surface area contributed by atoms with Crippen molar-refractivity contribution in [3.8, 4) is 11.5 Å². The van der Waals surface area contributed by atoms with Gasteiger partial charge in [-0.15, -0.1) is 0 Å². The highest BCUT2D eigenvalue weighted by Crippen LogP contribution is 2.42. The van der Waals surface area contributed by atoms with Gasteiger partial charge in [0.05, 0.1) is 7.11 Å². The Morgan fingerprint density at radius 2 is 2.29 bits per heavy atom. The summed E-state index contributed by atoms with van der Waals surface area (Å²) in [5.74, 6) is 1.70. The molecule has 0 heterocycles. The number of methoxy groups -OCH3 is 1. The van der Waals surface area contributed by atoms with E-state index in [1.54, 1.807) is 7.11 Å². The first-order valence-electron chi connectivity index (χ1n) is 4.49. The fraction of sp³-hybridized carbons (Fsp3) is 0.400. The van der Waals surface area contributed by atoms with Crippen LogP contribution in [0.2, 0.25) is 0 Å². The molecule has 0 amide bonds. The van der Waals surface area contributed by atoms with Crippen molar-refractivity contribution >= 4 is 11.9 Å². The van der Waals surface area contributed by atoms with E-state index in [2.05, 4.69) is 0 Å². The van der Waals surface area contributed by atoms with Gasteiger partial charge in [-0.3, -0.25) is 0 Å². The van der Waals surface area contributed by atoms with Crippen molar-refractivity contribution in [2.24, 2.45) is 5.73 Å². The zero-order valence-corrected chi connectivity index (χ0v) is 8.67. The van der Waals surface area contributed by atoms with E-state index in [1.165, 1.54) is 11.1 Å². The highest BCUT2D eigenvalue weighted by molar-refractivity contribution is 6.09. The topological polar surface area (TPSA) is 44.5 Å². The molecule has 1 atom stereocenters. The molecule has 0 unspecified atom stereocenters. The molecule has 2 N–H and O–H groups in total. The van der Waals surface area contributed by atoms with Crippen molar-refractivity contribution in [2.75, 3.05) is 13.7 Å². The first-order valence-corrected chi connectivity index (χ1v) is 4.80. The molecule has 1 aliphatic rings. The lowest BCUT2D eigenvalue weighted by Gasteiger charge is -2.29. The van der Waals surface area contributed by atoms with Crippen LogP contribution < -0.4 is 14.8 Å². The van der Waals surface area contributed by atoms with E-state index in [-0.39, 0.29) is 0 Å². The Labute approximate surface area is 87.9 Å². The molecule has 14 heavy (non-hydrogen) atoms. The van der Waals surface area contributed by atoms with Gasteiger partial charge in [0, 0.05) is 5.92 Å². The molecule has 0 spiro atoms. The fourth-order valence-corrected chi connectivity index (χ4v) is 1.97. The summed E-state index contributed by atoms with van der Waals surface area (Å²) in [6.07, 6.45) is 1.00. The third kappa shape index (κ3) is 1.33. The predicted octanol–water partition coefficient (Wildman–Crippen LogP) is 1.83. The number of ether oxygens (including phenoxy) is 1. The zero-order chi connectivity index (χ0) is 10.1. The summed E-state index contributed by atoms with van der Waals surface area (Å²) in [4.78, 5) is 0. The zero-order valence-electron chi connectivity index (χ0n) is 7.92. The monoisotopic (exact) mass is 213 g/mol. The van der Waals surface area contributed by atoms with Gasteiger partial charge in [0.25, 0.3) is 0 Å². The van der Waals surface area contributed by atoms with Gasteiger partial charge in [-0.05, 0) is 36.2 Å². The second-order valence-electron chi connectivity index (χ2n) is 3.42. The third-order valence-electron chi connectivity index (χ3n) is 2.70. The van der Waals surface area contributed by atoms with Crippen LogP contribution in [0.25, 0.3) is 0 Å². The fourth-order valence-electron chi connectivity index (χ4n) is 1.85. The molecular formula is C10H12ClNO2. The maximum atomic E-state index is 5.61. The molecule has 0 aromatic heterocycles. The van der Waals surface area contributed by atoms with Crippen LogP contribution in [0, 0.1) is 0 Å². The second kappa shape index (κ2) is 3.67. The van der Waals surface area contributed by atoms with Crippen LogP contribution in [0.5, 0.6) is 11.5 Å². The maximum absolute atomic E-state index is 5.61. The first kappa shape index (κ1) is 9.62. The van der Waals surface area contributed by atoms with Crippen molar-refractivity contribution in [3.63, 3.8) is 0 Å². The van der Waals surface area contributed by atoms with Crippen LogP contribution >= 0.6 is 11.9 Å². The van der Waals surface area contributed by atoms with E-state index in [4.69, 9.17) is 26.6 Å². The molecule has 0 saturated carbocycles. The van der Waals surface area contributed by atoms with E-state index >= 15 is 0 Å². The van der Waals surface area contributed by atoms with Gasteiger partial charge in [0.1, 0.15) is 11.9 Å². The molecule has 76 valence electrons. The summed E-state index contributed by atoms with van der Waals surface area (Å²) in [6.45, 7) is 0.678. The lowest BCUT2D eigenvalue weighted by atomic mass is 9.77. The molecule has 0 saturated heterocycles. The van der Waals surface area contributed by atoms with Crippen LogP contribution in [0.1, 0.15) is 17.0 Å². The Balaban J connectivity index is 2.38. The largest absolute Gasteiger partial charge is 0.493 e. The number of benzene rings is 1. The molecule has 1 aromatic carbocycles. The smallest absolute Gasteiger partial charge is 0.188 e. The average Bonchev–Trinajstić information content (AvgIpc) is 2.20. The summed E-state index contributed by atoms with van der Waals surface area (Å²) in [5.41, 5.74) is 8.11. The molecule has 1 aromatic rings. The van der Waals surface area contributed by atoms with Gasteiger partial charge < -0.3 is 14.8 Å². The maximum Gasteiger partial charge on any atom is 0.188 e. The van der Waals surface area contributed by atoms with Crippen molar-refractivity contribution in [1.29, 1.82) is 0 Å². The normalized spacial score (nSPS) is 18.4. The van der Waals surface area contributed by atoms with Gasteiger partial charge in [0.15, 0.2) is 11.5 Å². The summed E-state index contributed by atoms with van der Waals surface area (Å²) >= 11 is 5.32. The van der Waals surface area contributed by atoms with Crippen molar-refractivity contribution in [2.45, 2.75) is 12.3 Å². The third-order valence-corrected chi connectivity index (χ3v) is 2.87. The summed E-state index contributed by atoms with van der Waals surface area (Å²) in [7, 11) is 1.59. The SMILES string of the molecule is COc1cc2c(cc1OCl)C[C@@H]2CN. The first-order chi connectivity index (χ1) is 6.80. The minimum absolute atomic E-state index is 0.461. The molecule has 4 heteroatoms. The lowest BCUT2D eigenvalue weighted by molar-refractivity contribution is 0.394.